The Morgan fingerprint density at radius 2 is 1.79 bits per heavy atom. The van der Waals surface area contributed by atoms with Gasteiger partial charge in [-0.05, 0) is 42.8 Å². The quantitative estimate of drug-likeness (QED) is 0.699. The molecule has 0 bridgehead atoms. The Bertz CT molecular complexity index is 1010. The second-order valence-corrected chi connectivity index (χ2v) is 8.02. The van der Waals surface area contributed by atoms with Crippen LogP contribution < -0.4 is 0 Å². The molecule has 0 amide bonds. The molecule has 24 heavy (non-hydrogen) atoms. The number of hydrogen-bond acceptors (Lipinski definition) is 3. The van der Waals surface area contributed by atoms with Crippen LogP contribution in [0.15, 0.2) is 64.0 Å². The largest absolute Gasteiger partial charge is 0.481 e. The van der Waals surface area contributed by atoms with E-state index >= 15 is 0 Å². The molecule has 0 radical (unpaired) electrons. The Hall–Kier alpha value is -2.12. The maximum atomic E-state index is 13.1. The van der Waals surface area contributed by atoms with E-state index in [4.69, 9.17) is 5.11 Å². The van der Waals surface area contributed by atoms with Crippen molar-refractivity contribution in [3.8, 4) is 0 Å². The van der Waals surface area contributed by atoms with E-state index in [1.807, 2.05) is 6.07 Å². The second kappa shape index (κ2) is 6.41. The van der Waals surface area contributed by atoms with Gasteiger partial charge in [0.2, 0.25) is 0 Å². The lowest BCUT2D eigenvalue weighted by molar-refractivity contribution is -0.136. The van der Waals surface area contributed by atoms with Gasteiger partial charge in [0.25, 0.3) is 10.0 Å². The molecule has 0 spiro atoms. The lowest BCUT2D eigenvalue weighted by Crippen LogP contribution is -2.16. The van der Waals surface area contributed by atoms with Crippen molar-refractivity contribution in [2.24, 2.45) is 0 Å². The van der Waals surface area contributed by atoms with Crippen molar-refractivity contribution in [1.29, 1.82) is 0 Å². The van der Waals surface area contributed by atoms with Gasteiger partial charge in [0.05, 0.1) is 16.8 Å². The zero-order valence-electron chi connectivity index (χ0n) is 12.5. The fourth-order valence-electron chi connectivity index (χ4n) is 2.61. The van der Waals surface area contributed by atoms with Gasteiger partial charge in [-0.1, -0.05) is 34.1 Å². The molecule has 1 N–H and O–H groups in total. The summed E-state index contributed by atoms with van der Waals surface area (Å²) in [6, 6.07) is 15.1. The summed E-state index contributed by atoms with van der Waals surface area (Å²) in [5.41, 5.74) is 0.983. The highest BCUT2D eigenvalue weighted by atomic mass is 79.9. The number of aryl methyl sites for hydroxylation is 1. The minimum absolute atomic E-state index is 0.133. The molecule has 0 aliphatic rings. The van der Waals surface area contributed by atoms with Crippen molar-refractivity contribution < 1.29 is 18.3 Å². The first-order chi connectivity index (χ1) is 11.4. The van der Waals surface area contributed by atoms with E-state index < -0.39 is 16.0 Å². The third-order valence-corrected chi connectivity index (χ3v) is 5.94. The van der Waals surface area contributed by atoms with Crippen LogP contribution in [0, 0.1) is 0 Å². The van der Waals surface area contributed by atoms with Crippen LogP contribution in [0.4, 0.5) is 0 Å². The number of carbonyl (C=O) groups is 1. The van der Waals surface area contributed by atoms with Gasteiger partial charge in [-0.15, -0.1) is 0 Å². The van der Waals surface area contributed by atoms with Crippen LogP contribution in [0.1, 0.15) is 12.1 Å². The van der Waals surface area contributed by atoms with Gasteiger partial charge in [0.15, 0.2) is 0 Å². The fourth-order valence-corrected chi connectivity index (χ4v) is 4.58. The van der Waals surface area contributed by atoms with Gasteiger partial charge in [-0.25, -0.2) is 12.4 Å². The molecule has 0 aliphatic heterocycles. The van der Waals surface area contributed by atoms with Crippen LogP contribution in [0.3, 0.4) is 0 Å². The first-order valence-corrected chi connectivity index (χ1v) is 9.45. The van der Waals surface area contributed by atoms with Crippen molar-refractivity contribution in [1.82, 2.24) is 3.97 Å². The molecule has 7 heteroatoms. The minimum atomic E-state index is -3.81. The standard InChI is InChI=1S/C17H14BrNO4S/c18-13-6-8-16-12(10-13)11-14(7-9-17(20)21)19(16)24(22,23)15-4-2-1-3-5-15/h1-6,8,10-11H,7,9H2,(H,20,21). The molecule has 0 atom stereocenters. The lowest BCUT2D eigenvalue weighted by atomic mass is 10.2. The number of rotatable bonds is 5. The molecule has 0 saturated heterocycles. The normalized spacial score (nSPS) is 11.7. The number of nitrogens with zero attached hydrogens (tertiary/aromatic N) is 1. The molecule has 0 aliphatic carbocycles. The highest BCUT2D eigenvalue weighted by molar-refractivity contribution is 9.10. The summed E-state index contributed by atoms with van der Waals surface area (Å²) in [6.45, 7) is 0. The first kappa shape index (κ1) is 16.7. The van der Waals surface area contributed by atoms with Crippen molar-refractivity contribution in [3.05, 3.63) is 64.8 Å². The van der Waals surface area contributed by atoms with E-state index in [1.54, 1.807) is 36.4 Å². The zero-order chi connectivity index (χ0) is 17.3. The van der Waals surface area contributed by atoms with Crippen molar-refractivity contribution in [2.45, 2.75) is 17.7 Å². The van der Waals surface area contributed by atoms with E-state index in [1.165, 1.54) is 16.1 Å². The minimum Gasteiger partial charge on any atom is -0.481 e. The van der Waals surface area contributed by atoms with Crippen LogP contribution in [-0.2, 0) is 21.2 Å². The lowest BCUT2D eigenvalue weighted by Gasteiger charge is -2.11. The first-order valence-electron chi connectivity index (χ1n) is 7.22. The van der Waals surface area contributed by atoms with Crippen molar-refractivity contribution in [2.75, 3.05) is 0 Å². The maximum Gasteiger partial charge on any atom is 0.303 e. The van der Waals surface area contributed by atoms with Crippen LogP contribution in [0.2, 0.25) is 0 Å². The summed E-state index contributed by atoms with van der Waals surface area (Å²) in [4.78, 5) is 11.1. The molecular weight excluding hydrogens is 394 g/mol. The van der Waals surface area contributed by atoms with E-state index in [0.29, 0.717) is 11.2 Å². The van der Waals surface area contributed by atoms with Crippen LogP contribution >= 0.6 is 15.9 Å². The van der Waals surface area contributed by atoms with Gasteiger partial charge in [0.1, 0.15) is 0 Å². The average molecular weight is 408 g/mol. The molecule has 0 unspecified atom stereocenters. The molecular formula is C17H14BrNO4S. The number of fused-ring (bicyclic) bond motifs is 1. The summed E-state index contributed by atoms with van der Waals surface area (Å²) in [7, 11) is -3.81. The highest BCUT2D eigenvalue weighted by Crippen LogP contribution is 2.28. The topological polar surface area (TPSA) is 76.4 Å². The Morgan fingerprint density at radius 1 is 1.08 bits per heavy atom. The van der Waals surface area contributed by atoms with Gasteiger partial charge in [-0.2, -0.15) is 0 Å². The second-order valence-electron chi connectivity index (χ2n) is 5.32. The maximum absolute atomic E-state index is 13.1. The summed E-state index contributed by atoms with van der Waals surface area (Å²) in [5, 5.41) is 9.68. The van der Waals surface area contributed by atoms with Gasteiger partial charge in [0, 0.05) is 15.6 Å². The molecule has 2 aromatic carbocycles. The monoisotopic (exact) mass is 407 g/mol. The average Bonchev–Trinajstić information content (AvgIpc) is 2.91. The Balaban J connectivity index is 2.24. The Morgan fingerprint density at radius 3 is 2.46 bits per heavy atom. The highest BCUT2D eigenvalue weighted by Gasteiger charge is 2.23. The predicted octanol–water partition coefficient (Wildman–Crippen LogP) is 3.66. The van der Waals surface area contributed by atoms with Gasteiger partial charge in [-0.3, -0.25) is 4.79 Å². The van der Waals surface area contributed by atoms with E-state index in [9.17, 15) is 13.2 Å². The van der Waals surface area contributed by atoms with Crippen LogP contribution in [0.25, 0.3) is 10.9 Å². The number of aliphatic carboxylic acids is 1. The third kappa shape index (κ3) is 3.09. The van der Waals surface area contributed by atoms with E-state index in [2.05, 4.69) is 15.9 Å². The van der Waals surface area contributed by atoms with Crippen LogP contribution in [0.5, 0.6) is 0 Å². The molecule has 124 valence electrons. The predicted molar refractivity (Wildman–Crippen MR) is 94.6 cm³/mol. The van der Waals surface area contributed by atoms with Crippen LogP contribution in [-0.4, -0.2) is 23.5 Å². The Labute approximate surface area is 147 Å². The number of aromatic nitrogens is 1. The third-order valence-electron chi connectivity index (χ3n) is 3.67. The number of hydrogen-bond donors (Lipinski definition) is 1. The summed E-state index contributed by atoms with van der Waals surface area (Å²) >= 11 is 3.37. The SMILES string of the molecule is O=C(O)CCc1cc2cc(Br)ccc2n1S(=O)(=O)c1ccccc1. The smallest absolute Gasteiger partial charge is 0.303 e. The number of benzene rings is 2. The molecule has 1 aromatic heterocycles. The van der Waals surface area contributed by atoms with Gasteiger partial charge < -0.3 is 5.11 Å². The fraction of sp³-hybridized carbons (Fsp3) is 0.118. The molecule has 0 fully saturated rings. The van der Waals surface area contributed by atoms with Crippen molar-refractivity contribution >= 4 is 42.8 Å². The summed E-state index contributed by atoms with van der Waals surface area (Å²) in [5.74, 6) is -0.968. The molecule has 1 heterocycles. The van der Waals surface area contributed by atoms with Crippen molar-refractivity contribution in [3.63, 3.8) is 0 Å². The number of carboxylic acid groups (broad SMARTS) is 1. The Kier molecular flexibility index (Phi) is 4.47. The molecule has 5 nitrogen and oxygen atoms in total. The zero-order valence-corrected chi connectivity index (χ0v) is 14.9. The molecule has 3 aromatic rings. The van der Waals surface area contributed by atoms with E-state index in [-0.39, 0.29) is 17.7 Å². The number of carboxylic acids is 1. The number of halogens is 1. The molecule has 3 rings (SSSR count). The summed E-state index contributed by atoms with van der Waals surface area (Å²) in [6.07, 6.45) is -0.00447. The summed E-state index contributed by atoms with van der Waals surface area (Å²) < 4.78 is 28.2. The molecule has 0 saturated carbocycles. The van der Waals surface area contributed by atoms with E-state index in [0.717, 1.165) is 9.86 Å². The van der Waals surface area contributed by atoms with Gasteiger partial charge >= 0.3 is 5.97 Å².